The van der Waals surface area contributed by atoms with Gasteiger partial charge in [0.15, 0.2) is 0 Å². The average molecular weight is 465 g/mol. The van der Waals surface area contributed by atoms with Crippen LogP contribution < -0.4 is 10.9 Å². The van der Waals surface area contributed by atoms with E-state index < -0.39 is 0 Å². The molecule has 174 valence electrons. The number of fused-ring (bicyclic) bond motifs is 2. The maximum atomic E-state index is 13.1. The molecule has 7 heteroatoms. The monoisotopic (exact) mass is 464 g/mol. The quantitative estimate of drug-likeness (QED) is 0.607. The minimum atomic E-state index is -0.132. The van der Waals surface area contributed by atoms with Gasteiger partial charge in [0.1, 0.15) is 10.7 Å². The Bertz CT molecular complexity index is 1210. The van der Waals surface area contributed by atoms with Crippen molar-refractivity contribution in [1.82, 2.24) is 19.8 Å². The number of carbonyl (C=O) groups is 1. The summed E-state index contributed by atoms with van der Waals surface area (Å²) in [5.74, 6) is 0.732. The summed E-state index contributed by atoms with van der Waals surface area (Å²) in [6.07, 6.45) is 7.97. The minimum absolute atomic E-state index is 0.00833. The zero-order chi connectivity index (χ0) is 22.8. The second kappa shape index (κ2) is 9.77. The number of carbonyl (C=O) groups excluding carboxylic acids is 1. The van der Waals surface area contributed by atoms with Gasteiger partial charge in [-0.3, -0.25) is 19.1 Å². The van der Waals surface area contributed by atoms with E-state index in [4.69, 9.17) is 4.98 Å². The Labute approximate surface area is 198 Å². The van der Waals surface area contributed by atoms with E-state index in [1.165, 1.54) is 49.3 Å². The first-order valence-corrected chi connectivity index (χ1v) is 13.0. The van der Waals surface area contributed by atoms with Crippen LogP contribution in [0.3, 0.4) is 0 Å². The van der Waals surface area contributed by atoms with Gasteiger partial charge in [-0.25, -0.2) is 4.98 Å². The molecule has 33 heavy (non-hydrogen) atoms. The Morgan fingerprint density at radius 1 is 1.00 bits per heavy atom. The summed E-state index contributed by atoms with van der Waals surface area (Å²) in [4.78, 5) is 34.7. The Balaban J connectivity index is 1.28. The van der Waals surface area contributed by atoms with Crippen LogP contribution >= 0.6 is 11.3 Å². The number of rotatable bonds is 5. The topological polar surface area (TPSA) is 67.2 Å². The van der Waals surface area contributed by atoms with Crippen LogP contribution in [0, 0.1) is 6.92 Å². The molecule has 1 saturated heterocycles. The fraction of sp³-hybridized carbons (Fsp3) is 0.500. The third kappa shape index (κ3) is 4.75. The second-order valence-corrected chi connectivity index (χ2v) is 10.4. The molecule has 0 unspecified atom stereocenters. The summed E-state index contributed by atoms with van der Waals surface area (Å²) < 4.78 is 1.82. The standard InChI is InChI=1S/C26H32N4O2S/c1-18-22-25(28-21-8-4-2-7-15-30(21)26(22)32)33-23(18)24(31)27-16-19-9-11-20(12-10-19)17-29-13-5-3-6-14-29/h9-12H,2-8,13-17H2,1H3,(H,27,31). The predicted octanol–water partition coefficient (Wildman–Crippen LogP) is 4.41. The lowest BCUT2D eigenvalue weighted by molar-refractivity contribution is 0.0954. The van der Waals surface area contributed by atoms with Gasteiger partial charge in [0.05, 0.1) is 10.3 Å². The molecule has 0 bridgehead atoms. The van der Waals surface area contributed by atoms with E-state index in [0.717, 1.165) is 55.7 Å². The molecule has 1 aromatic carbocycles. The summed E-state index contributed by atoms with van der Waals surface area (Å²) in [6, 6.07) is 8.53. The van der Waals surface area contributed by atoms with Gasteiger partial charge in [0.25, 0.3) is 11.5 Å². The number of aromatic nitrogens is 2. The van der Waals surface area contributed by atoms with Crippen LogP contribution in [0.4, 0.5) is 0 Å². The van der Waals surface area contributed by atoms with Crippen molar-refractivity contribution in [1.29, 1.82) is 0 Å². The highest BCUT2D eigenvalue weighted by molar-refractivity contribution is 7.20. The molecule has 0 radical (unpaired) electrons. The van der Waals surface area contributed by atoms with Crippen LogP contribution in [0.5, 0.6) is 0 Å². The van der Waals surface area contributed by atoms with Crippen molar-refractivity contribution < 1.29 is 4.79 Å². The molecule has 5 rings (SSSR count). The molecule has 3 aromatic rings. The van der Waals surface area contributed by atoms with Crippen molar-refractivity contribution in [2.24, 2.45) is 0 Å². The first-order valence-electron chi connectivity index (χ1n) is 12.2. The third-order valence-corrected chi connectivity index (χ3v) is 8.13. The number of thiophene rings is 1. The summed E-state index contributed by atoms with van der Waals surface area (Å²) in [6.45, 7) is 6.44. The van der Waals surface area contributed by atoms with Gasteiger partial charge in [-0.1, -0.05) is 37.1 Å². The summed E-state index contributed by atoms with van der Waals surface area (Å²) in [7, 11) is 0. The number of nitrogens with one attached hydrogen (secondary N) is 1. The van der Waals surface area contributed by atoms with Crippen LogP contribution in [0.1, 0.15) is 70.7 Å². The summed E-state index contributed by atoms with van der Waals surface area (Å²) >= 11 is 1.34. The molecule has 0 saturated carbocycles. The van der Waals surface area contributed by atoms with E-state index in [9.17, 15) is 9.59 Å². The third-order valence-electron chi connectivity index (χ3n) is 6.95. The van der Waals surface area contributed by atoms with Gasteiger partial charge >= 0.3 is 0 Å². The minimum Gasteiger partial charge on any atom is -0.347 e. The Kier molecular flexibility index (Phi) is 6.60. The average Bonchev–Trinajstić information content (AvgIpc) is 3.00. The van der Waals surface area contributed by atoms with Gasteiger partial charge in [-0.05, 0) is 62.4 Å². The van der Waals surface area contributed by atoms with Gasteiger partial charge in [0, 0.05) is 26.1 Å². The molecule has 2 aliphatic heterocycles. The molecule has 0 atom stereocenters. The normalized spacial score (nSPS) is 17.0. The maximum absolute atomic E-state index is 13.1. The maximum Gasteiger partial charge on any atom is 0.262 e. The highest BCUT2D eigenvalue weighted by Crippen LogP contribution is 2.28. The molecule has 1 fully saturated rings. The van der Waals surface area contributed by atoms with E-state index in [2.05, 4.69) is 34.5 Å². The second-order valence-electron chi connectivity index (χ2n) is 9.37. The van der Waals surface area contributed by atoms with E-state index >= 15 is 0 Å². The fourth-order valence-electron chi connectivity index (χ4n) is 5.03. The zero-order valence-electron chi connectivity index (χ0n) is 19.4. The number of benzene rings is 1. The molecule has 6 nitrogen and oxygen atoms in total. The van der Waals surface area contributed by atoms with Crippen molar-refractivity contribution in [3.63, 3.8) is 0 Å². The summed E-state index contributed by atoms with van der Waals surface area (Å²) in [5.41, 5.74) is 3.16. The van der Waals surface area contributed by atoms with Gasteiger partial charge in [-0.2, -0.15) is 0 Å². The van der Waals surface area contributed by atoms with Crippen molar-refractivity contribution in [3.8, 4) is 0 Å². The molecule has 2 aliphatic rings. The van der Waals surface area contributed by atoms with Crippen LogP contribution in [0.25, 0.3) is 10.2 Å². The molecular formula is C26H32N4O2S. The van der Waals surface area contributed by atoms with Crippen LogP contribution in [0.2, 0.25) is 0 Å². The molecule has 4 heterocycles. The lowest BCUT2D eigenvalue weighted by Gasteiger charge is -2.26. The van der Waals surface area contributed by atoms with Crippen molar-refractivity contribution in [3.05, 3.63) is 62.0 Å². The van der Waals surface area contributed by atoms with E-state index in [0.29, 0.717) is 21.6 Å². The smallest absolute Gasteiger partial charge is 0.262 e. The van der Waals surface area contributed by atoms with Gasteiger partial charge < -0.3 is 5.32 Å². The van der Waals surface area contributed by atoms with Crippen LogP contribution in [-0.4, -0.2) is 33.4 Å². The lowest BCUT2D eigenvalue weighted by Crippen LogP contribution is -2.29. The van der Waals surface area contributed by atoms with Crippen molar-refractivity contribution >= 4 is 27.5 Å². The lowest BCUT2D eigenvalue weighted by atomic mass is 10.1. The molecule has 0 aliphatic carbocycles. The molecule has 0 spiro atoms. The molecule has 1 amide bonds. The molecule has 1 N–H and O–H groups in total. The predicted molar refractivity (Wildman–Crippen MR) is 133 cm³/mol. The highest BCUT2D eigenvalue weighted by Gasteiger charge is 2.22. The number of hydrogen-bond acceptors (Lipinski definition) is 5. The number of aryl methyl sites for hydroxylation is 2. The Morgan fingerprint density at radius 3 is 2.48 bits per heavy atom. The SMILES string of the molecule is Cc1c(C(=O)NCc2ccc(CN3CCCCC3)cc2)sc2nc3n(c(=O)c12)CCCCC3. The van der Waals surface area contributed by atoms with Crippen LogP contribution in [-0.2, 0) is 26.1 Å². The van der Waals surface area contributed by atoms with Gasteiger partial charge in [0.2, 0.25) is 0 Å². The molecule has 2 aromatic heterocycles. The van der Waals surface area contributed by atoms with E-state index in [-0.39, 0.29) is 11.5 Å². The molecular weight excluding hydrogens is 432 g/mol. The van der Waals surface area contributed by atoms with E-state index in [1.54, 1.807) is 0 Å². The highest BCUT2D eigenvalue weighted by atomic mass is 32.1. The number of likely N-dealkylation sites (tertiary alicyclic amines) is 1. The number of amides is 1. The number of nitrogens with zero attached hydrogens (tertiary/aromatic N) is 3. The van der Waals surface area contributed by atoms with Gasteiger partial charge in [-0.15, -0.1) is 11.3 Å². The first kappa shape index (κ1) is 22.3. The first-order chi connectivity index (χ1) is 16.1. The largest absolute Gasteiger partial charge is 0.347 e. The fourth-order valence-corrected chi connectivity index (χ4v) is 6.13. The van der Waals surface area contributed by atoms with E-state index in [1.807, 2.05) is 11.5 Å². The van der Waals surface area contributed by atoms with Crippen molar-refractivity contribution in [2.45, 2.75) is 71.5 Å². The number of hydrogen-bond donors (Lipinski definition) is 1. The van der Waals surface area contributed by atoms with Crippen LogP contribution in [0.15, 0.2) is 29.1 Å². The number of piperidine rings is 1. The summed E-state index contributed by atoms with van der Waals surface area (Å²) in [5, 5.41) is 3.65. The zero-order valence-corrected chi connectivity index (χ0v) is 20.2. The Morgan fingerprint density at radius 2 is 1.70 bits per heavy atom. The Hall–Kier alpha value is -2.51. The van der Waals surface area contributed by atoms with Crippen molar-refractivity contribution in [2.75, 3.05) is 13.1 Å².